The molecule has 0 saturated heterocycles. The van der Waals surface area contributed by atoms with Gasteiger partial charge in [0.05, 0.1) is 12.2 Å². The van der Waals surface area contributed by atoms with Crippen molar-refractivity contribution in [2.75, 3.05) is 0 Å². The summed E-state index contributed by atoms with van der Waals surface area (Å²) >= 11 is 0. The molecule has 0 spiro atoms. The normalized spacial score (nSPS) is 27.7. The fourth-order valence-corrected chi connectivity index (χ4v) is 4.56. The minimum absolute atomic E-state index is 0.395. The van der Waals surface area contributed by atoms with Crippen LogP contribution in [-0.2, 0) is 4.74 Å². The average molecular weight is 349 g/mol. The molecule has 0 N–H and O–H groups in total. The molecule has 0 aliphatic heterocycles. The second-order valence-electron chi connectivity index (χ2n) is 10.1. The highest BCUT2D eigenvalue weighted by molar-refractivity contribution is 5.00. The quantitative estimate of drug-likeness (QED) is 0.353. The smallest absolute Gasteiger partial charge is 0.0609 e. The summed E-state index contributed by atoms with van der Waals surface area (Å²) in [6, 6.07) is 0. The molecule has 2 rings (SSSR count). The molecule has 4 unspecified atom stereocenters. The molecule has 0 amide bonds. The Morgan fingerprint density at radius 1 is 1.04 bits per heavy atom. The summed E-state index contributed by atoms with van der Waals surface area (Å²) in [7, 11) is 0. The van der Waals surface area contributed by atoms with E-state index < -0.39 is 0 Å². The summed E-state index contributed by atoms with van der Waals surface area (Å²) in [5.74, 6) is 3.09. The topological polar surface area (TPSA) is 9.23 Å². The van der Waals surface area contributed by atoms with Gasteiger partial charge < -0.3 is 4.74 Å². The third kappa shape index (κ3) is 7.08. The molecule has 1 saturated carbocycles. The lowest BCUT2D eigenvalue weighted by atomic mass is 9.70. The second kappa shape index (κ2) is 9.58. The molecular formula is C24H44O. The van der Waals surface area contributed by atoms with Crippen molar-refractivity contribution in [3.63, 3.8) is 0 Å². The van der Waals surface area contributed by atoms with Crippen molar-refractivity contribution in [2.45, 2.75) is 112 Å². The summed E-state index contributed by atoms with van der Waals surface area (Å²) in [5.41, 5.74) is 0.588. The molecule has 0 radical (unpaired) electrons. The van der Waals surface area contributed by atoms with Crippen molar-refractivity contribution in [1.29, 1.82) is 0 Å². The van der Waals surface area contributed by atoms with Crippen LogP contribution >= 0.6 is 0 Å². The van der Waals surface area contributed by atoms with Crippen LogP contribution in [0.2, 0.25) is 0 Å². The summed E-state index contributed by atoms with van der Waals surface area (Å²) in [4.78, 5) is 0. The van der Waals surface area contributed by atoms with Crippen LogP contribution in [-0.4, -0.2) is 12.2 Å². The average Bonchev–Trinajstić information content (AvgIpc) is 3.36. The van der Waals surface area contributed by atoms with E-state index in [0.29, 0.717) is 35.4 Å². The van der Waals surface area contributed by atoms with Crippen molar-refractivity contribution >= 4 is 0 Å². The van der Waals surface area contributed by atoms with E-state index in [4.69, 9.17) is 4.74 Å². The van der Waals surface area contributed by atoms with Gasteiger partial charge in [0.15, 0.2) is 0 Å². The van der Waals surface area contributed by atoms with E-state index >= 15 is 0 Å². The SMILES string of the molecule is CC(C)CC(OC(C)CCC1(CC2CC2)CC=CCC1)C(C)C(C)C. The molecule has 0 aromatic heterocycles. The Bertz CT molecular complexity index is 406. The maximum absolute atomic E-state index is 6.62. The lowest BCUT2D eigenvalue weighted by Crippen LogP contribution is -2.32. The van der Waals surface area contributed by atoms with Gasteiger partial charge in [-0.2, -0.15) is 0 Å². The largest absolute Gasteiger partial charge is 0.375 e. The number of hydrogen-bond donors (Lipinski definition) is 0. The Morgan fingerprint density at radius 2 is 1.76 bits per heavy atom. The first-order valence-corrected chi connectivity index (χ1v) is 11.1. The number of ether oxygens (including phenoxy) is 1. The Kier molecular flexibility index (Phi) is 8.05. The Labute approximate surface area is 158 Å². The number of hydrogen-bond acceptors (Lipinski definition) is 1. The van der Waals surface area contributed by atoms with Gasteiger partial charge in [0.25, 0.3) is 0 Å². The van der Waals surface area contributed by atoms with Crippen molar-refractivity contribution in [2.24, 2.45) is 29.1 Å². The molecule has 2 aliphatic carbocycles. The zero-order valence-corrected chi connectivity index (χ0v) is 17.9. The number of rotatable bonds is 11. The third-order valence-corrected chi connectivity index (χ3v) is 6.81. The molecular weight excluding hydrogens is 304 g/mol. The second-order valence-corrected chi connectivity index (χ2v) is 10.1. The minimum atomic E-state index is 0.395. The molecule has 146 valence electrons. The molecule has 1 heteroatoms. The molecule has 25 heavy (non-hydrogen) atoms. The molecule has 4 atom stereocenters. The third-order valence-electron chi connectivity index (χ3n) is 6.81. The lowest BCUT2D eigenvalue weighted by Gasteiger charge is -2.37. The van der Waals surface area contributed by atoms with Gasteiger partial charge in [-0.3, -0.25) is 0 Å². The molecule has 1 nitrogen and oxygen atoms in total. The highest BCUT2D eigenvalue weighted by Gasteiger charge is 2.37. The molecule has 0 aromatic carbocycles. The fourth-order valence-electron chi connectivity index (χ4n) is 4.56. The molecule has 1 fully saturated rings. The Balaban J connectivity index is 1.87. The Hall–Kier alpha value is -0.300. The van der Waals surface area contributed by atoms with Gasteiger partial charge in [-0.05, 0) is 81.0 Å². The maximum atomic E-state index is 6.62. The highest BCUT2D eigenvalue weighted by atomic mass is 16.5. The zero-order chi connectivity index (χ0) is 18.4. The van der Waals surface area contributed by atoms with E-state index in [0.717, 1.165) is 5.92 Å². The first kappa shape index (κ1) is 21.0. The van der Waals surface area contributed by atoms with Crippen LogP contribution in [0.5, 0.6) is 0 Å². The Morgan fingerprint density at radius 3 is 2.28 bits per heavy atom. The van der Waals surface area contributed by atoms with Crippen LogP contribution in [0.25, 0.3) is 0 Å². The molecule has 0 heterocycles. The van der Waals surface area contributed by atoms with Crippen molar-refractivity contribution in [3.05, 3.63) is 12.2 Å². The lowest BCUT2D eigenvalue weighted by molar-refractivity contribution is -0.0584. The molecule has 2 aliphatic rings. The van der Waals surface area contributed by atoms with Gasteiger partial charge >= 0.3 is 0 Å². The van der Waals surface area contributed by atoms with Gasteiger partial charge in [-0.1, -0.05) is 59.6 Å². The predicted molar refractivity (Wildman–Crippen MR) is 110 cm³/mol. The highest BCUT2D eigenvalue weighted by Crippen LogP contribution is 2.49. The van der Waals surface area contributed by atoms with Crippen molar-refractivity contribution in [3.8, 4) is 0 Å². The fraction of sp³-hybridized carbons (Fsp3) is 0.917. The predicted octanol–water partition coefficient (Wildman–Crippen LogP) is 7.41. The van der Waals surface area contributed by atoms with E-state index in [1.165, 1.54) is 57.8 Å². The van der Waals surface area contributed by atoms with Crippen LogP contribution in [0.4, 0.5) is 0 Å². The number of allylic oxidation sites excluding steroid dienone is 2. The van der Waals surface area contributed by atoms with E-state index in [1.54, 1.807) is 0 Å². The van der Waals surface area contributed by atoms with Gasteiger partial charge in [0.2, 0.25) is 0 Å². The monoisotopic (exact) mass is 348 g/mol. The van der Waals surface area contributed by atoms with Gasteiger partial charge in [0.1, 0.15) is 0 Å². The molecule has 0 bridgehead atoms. The van der Waals surface area contributed by atoms with E-state index in [9.17, 15) is 0 Å². The van der Waals surface area contributed by atoms with Crippen LogP contribution in [0.15, 0.2) is 12.2 Å². The van der Waals surface area contributed by atoms with Crippen LogP contribution in [0, 0.1) is 29.1 Å². The zero-order valence-electron chi connectivity index (χ0n) is 17.9. The van der Waals surface area contributed by atoms with E-state index in [2.05, 4.69) is 53.7 Å². The van der Waals surface area contributed by atoms with Gasteiger partial charge in [0, 0.05) is 0 Å². The van der Waals surface area contributed by atoms with E-state index in [1.807, 2.05) is 0 Å². The van der Waals surface area contributed by atoms with Crippen LogP contribution < -0.4 is 0 Å². The summed E-state index contributed by atoms with van der Waals surface area (Å²) in [6.07, 6.45) is 17.9. The van der Waals surface area contributed by atoms with Gasteiger partial charge in [-0.15, -0.1) is 0 Å². The minimum Gasteiger partial charge on any atom is -0.375 e. The molecule has 0 aromatic rings. The first-order valence-electron chi connectivity index (χ1n) is 11.1. The van der Waals surface area contributed by atoms with Crippen molar-refractivity contribution < 1.29 is 4.74 Å². The van der Waals surface area contributed by atoms with Crippen LogP contribution in [0.3, 0.4) is 0 Å². The van der Waals surface area contributed by atoms with Gasteiger partial charge in [-0.25, -0.2) is 0 Å². The summed E-state index contributed by atoms with van der Waals surface area (Å²) < 4.78 is 6.62. The maximum Gasteiger partial charge on any atom is 0.0609 e. The first-order chi connectivity index (χ1) is 11.8. The standard InChI is InChI=1S/C24H44O/c1-18(2)16-23(21(6)19(3)4)25-20(5)12-15-24(17-22-10-11-22)13-8-7-9-14-24/h7-8,18-23H,9-17H2,1-6H3. The summed E-state index contributed by atoms with van der Waals surface area (Å²) in [6.45, 7) is 14.0. The summed E-state index contributed by atoms with van der Waals surface area (Å²) in [5, 5.41) is 0. The van der Waals surface area contributed by atoms with Crippen molar-refractivity contribution in [1.82, 2.24) is 0 Å². The van der Waals surface area contributed by atoms with E-state index in [-0.39, 0.29) is 0 Å². The van der Waals surface area contributed by atoms with Crippen LogP contribution in [0.1, 0.15) is 99.3 Å².